The molecule has 1 aromatic rings. The van der Waals surface area contributed by atoms with E-state index in [1.807, 2.05) is 6.07 Å². The molecule has 0 aliphatic rings. The molecule has 4 nitrogen and oxygen atoms in total. The Morgan fingerprint density at radius 3 is 2.82 bits per heavy atom. The van der Waals surface area contributed by atoms with E-state index in [1.165, 1.54) is 0 Å². The zero-order valence-electron chi connectivity index (χ0n) is 9.50. The summed E-state index contributed by atoms with van der Waals surface area (Å²) in [5, 5.41) is 9.33. The lowest BCUT2D eigenvalue weighted by Gasteiger charge is -2.09. The van der Waals surface area contributed by atoms with E-state index in [0.29, 0.717) is 28.3 Å². The van der Waals surface area contributed by atoms with Gasteiger partial charge < -0.3 is 10.5 Å². The van der Waals surface area contributed by atoms with Crippen molar-refractivity contribution in [3.8, 4) is 6.07 Å². The Morgan fingerprint density at radius 2 is 2.29 bits per heavy atom. The van der Waals surface area contributed by atoms with Gasteiger partial charge in [-0.05, 0) is 24.1 Å². The predicted molar refractivity (Wildman–Crippen MR) is 64.4 cm³/mol. The first-order valence-corrected chi connectivity index (χ1v) is 5.57. The molecule has 0 aliphatic heterocycles. The molecular formula is C12H13ClN2O2. The van der Waals surface area contributed by atoms with Crippen LogP contribution in [0.5, 0.6) is 0 Å². The number of hydrogen-bond donors (Lipinski definition) is 1. The Kier molecular flexibility index (Phi) is 4.95. The molecule has 0 saturated carbocycles. The summed E-state index contributed by atoms with van der Waals surface area (Å²) < 4.78 is 4.84. The summed E-state index contributed by atoms with van der Waals surface area (Å²) in [6.45, 7) is 2.29. The second kappa shape index (κ2) is 6.24. The number of esters is 1. The van der Waals surface area contributed by atoms with Gasteiger partial charge in [-0.1, -0.05) is 17.7 Å². The minimum Gasteiger partial charge on any atom is -0.466 e. The van der Waals surface area contributed by atoms with E-state index in [2.05, 4.69) is 0 Å². The Bertz CT molecular complexity index is 466. The van der Waals surface area contributed by atoms with E-state index in [9.17, 15) is 4.79 Å². The van der Waals surface area contributed by atoms with Gasteiger partial charge in [0, 0.05) is 6.54 Å². The third kappa shape index (κ3) is 3.19. The lowest BCUT2D eigenvalue weighted by molar-refractivity contribution is -0.142. The van der Waals surface area contributed by atoms with Crippen molar-refractivity contribution in [1.82, 2.24) is 0 Å². The van der Waals surface area contributed by atoms with Crippen LogP contribution in [0.3, 0.4) is 0 Å². The summed E-state index contributed by atoms with van der Waals surface area (Å²) in [7, 11) is 0. The fourth-order valence-electron chi connectivity index (χ4n) is 1.46. The number of nitrogens with zero attached hydrogens (tertiary/aromatic N) is 1. The smallest absolute Gasteiger partial charge is 0.310 e. The Morgan fingerprint density at radius 1 is 1.59 bits per heavy atom. The van der Waals surface area contributed by atoms with E-state index < -0.39 is 5.97 Å². The molecule has 90 valence electrons. The molecule has 0 radical (unpaired) electrons. The fraction of sp³-hybridized carbons (Fsp3) is 0.333. The molecule has 0 bridgehead atoms. The van der Waals surface area contributed by atoms with Gasteiger partial charge in [-0.3, -0.25) is 4.79 Å². The van der Waals surface area contributed by atoms with Gasteiger partial charge in [-0.15, -0.1) is 0 Å². The Hall–Kier alpha value is -1.57. The minimum atomic E-state index is -0.403. The summed E-state index contributed by atoms with van der Waals surface area (Å²) in [4.78, 5) is 11.4. The van der Waals surface area contributed by atoms with Crippen LogP contribution in [-0.2, 0) is 22.5 Å². The van der Waals surface area contributed by atoms with Crippen molar-refractivity contribution < 1.29 is 9.53 Å². The van der Waals surface area contributed by atoms with E-state index >= 15 is 0 Å². The Balaban J connectivity index is 3.11. The zero-order valence-corrected chi connectivity index (χ0v) is 10.3. The van der Waals surface area contributed by atoms with Crippen LogP contribution in [0.1, 0.15) is 23.6 Å². The maximum atomic E-state index is 11.4. The molecular weight excluding hydrogens is 240 g/mol. The van der Waals surface area contributed by atoms with E-state index in [0.717, 1.165) is 0 Å². The van der Waals surface area contributed by atoms with Crippen molar-refractivity contribution in [3.63, 3.8) is 0 Å². The number of rotatable bonds is 4. The fourth-order valence-corrected chi connectivity index (χ4v) is 1.77. The summed E-state index contributed by atoms with van der Waals surface area (Å²) >= 11 is 6.10. The molecule has 0 fully saturated rings. The van der Waals surface area contributed by atoms with Gasteiger partial charge in [0.1, 0.15) is 0 Å². The first-order chi connectivity index (χ1) is 8.13. The van der Waals surface area contributed by atoms with Gasteiger partial charge in [0.05, 0.1) is 29.7 Å². The van der Waals surface area contributed by atoms with Crippen LogP contribution < -0.4 is 5.73 Å². The Labute approximate surface area is 105 Å². The van der Waals surface area contributed by atoms with Crippen molar-refractivity contribution in [2.75, 3.05) is 6.61 Å². The van der Waals surface area contributed by atoms with Crippen molar-refractivity contribution in [2.45, 2.75) is 19.9 Å². The molecule has 1 rings (SSSR count). The average molecular weight is 253 g/mol. The molecule has 0 unspecified atom stereocenters. The first-order valence-electron chi connectivity index (χ1n) is 5.20. The first kappa shape index (κ1) is 13.5. The van der Waals surface area contributed by atoms with Gasteiger partial charge in [0.15, 0.2) is 0 Å². The summed E-state index contributed by atoms with van der Waals surface area (Å²) in [6, 6.07) is 5.31. The van der Waals surface area contributed by atoms with Gasteiger partial charge in [-0.2, -0.15) is 5.26 Å². The third-order valence-electron chi connectivity index (χ3n) is 2.29. The highest BCUT2D eigenvalue weighted by Gasteiger charge is 2.15. The highest BCUT2D eigenvalue weighted by Crippen LogP contribution is 2.25. The summed E-state index contributed by atoms with van der Waals surface area (Å²) in [5.74, 6) is -0.403. The zero-order chi connectivity index (χ0) is 12.8. The van der Waals surface area contributed by atoms with E-state index in [-0.39, 0.29) is 13.0 Å². The molecule has 0 aromatic heterocycles. The molecule has 17 heavy (non-hydrogen) atoms. The molecule has 1 aromatic carbocycles. The van der Waals surface area contributed by atoms with Crippen LogP contribution in [0.25, 0.3) is 0 Å². The molecule has 0 amide bonds. The molecule has 0 atom stereocenters. The highest BCUT2D eigenvalue weighted by atomic mass is 35.5. The minimum absolute atomic E-state index is 0.0105. The van der Waals surface area contributed by atoms with E-state index in [4.69, 9.17) is 27.3 Å². The average Bonchev–Trinajstić information content (AvgIpc) is 2.32. The maximum absolute atomic E-state index is 11.4. The lowest BCUT2D eigenvalue weighted by atomic mass is 10.0. The summed E-state index contributed by atoms with van der Waals surface area (Å²) in [6.07, 6.45) is -0.0105. The van der Waals surface area contributed by atoms with Gasteiger partial charge in [-0.25, -0.2) is 0 Å². The molecule has 0 heterocycles. The number of halogens is 1. The number of ether oxygens (including phenoxy) is 1. The normalized spacial score (nSPS) is 9.76. The second-order valence-electron chi connectivity index (χ2n) is 3.36. The third-order valence-corrected chi connectivity index (χ3v) is 2.76. The van der Waals surface area contributed by atoms with Crippen molar-refractivity contribution >= 4 is 17.6 Å². The molecule has 0 spiro atoms. The quantitative estimate of drug-likeness (QED) is 0.829. The molecule has 0 aliphatic carbocycles. The second-order valence-corrected chi connectivity index (χ2v) is 3.74. The molecule has 0 saturated heterocycles. The number of nitrogens with two attached hydrogens (primary N) is 1. The predicted octanol–water partition coefficient (Wildman–Crippen LogP) is 1.78. The van der Waals surface area contributed by atoms with Gasteiger partial charge >= 0.3 is 5.97 Å². The molecule has 2 N–H and O–H groups in total. The standard InChI is InChI=1S/C12H13ClN2O2/c1-2-17-11(16)5-10-8(6-14)3-4-9(7-15)12(10)13/h3-4H,2,5,7,15H2,1H3. The number of carbonyl (C=O) groups excluding carboxylic acids is 1. The van der Waals surface area contributed by atoms with Gasteiger partial charge in [0.2, 0.25) is 0 Å². The topological polar surface area (TPSA) is 76.1 Å². The summed E-state index contributed by atoms with van der Waals surface area (Å²) in [5.41, 5.74) is 7.09. The van der Waals surface area contributed by atoms with Crippen LogP contribution in [-0.4, -0.2) is 12.6 Å². The number of hydrogen-bond acceptors (Lipinski definition) is 4. The largest absolute Gasteiger partial charge is 0.466 e. The number of carbonyl (C=O) groups is 1. The van der Waals surface area contributed by atoms with Gasteiger partial charge in [0.25, 0.3) is 0 Å². The molecule has 5 heteroatoms. The van der Waals surface area contributed by atoms with Crippen molar-refractivity contribution in [1.29, 1.82) is 5.26 Å². The van der Waals surface area contributed by atoms with Crippen LogP contribution in [0.15, 0.2) is 12.1 Å². The monoisotopic (exact) mass is 252 g/mol. The van der Waals surface area contributed by atoms with Crippen molar-refractivity contribution in [2.24, 2.45) is 5.73 Å². The van der Waals surface area contributed by atoms with Crippen LogP contribution in [0.4, 0.5) is 0 Å². The SMILES string of the molecule is CCOC(=O)Cc1c(C#N)ccc(CN)c1Cl. The van der Waals surface area contributed by atoms with Crippen LogP contribution in [0.2, 0.25) is 5.02 Å². The van der Waals surface area contributed by atoms with Crippen LogP contribution in [0, 0.1) is 11.3 Å². The number of nitriles is 1. The van der Waals surface area contributed by atoms with Crippen molar-refractivity contribution in [3.05, 3.63) is 33.8 Å². The highest BCUT2D eigenvalue weighted by molar-refractivity contribution is 6.32. The number of benzene rings is 1. The van der Waals surface area contributed by atoms with E-state index in [1.54, 1.807) is 19.1 Å². The van der Waals surface area contributed by atoms with Crippen LogP contribution >= 0.6 is 11.6 Å². The maximum Gasteiger partial charge on any atom is 0.310 e. The lowest BCUT2D eigenvalue weighted by Crippen LogP contribution is -2.10.